The van der Waals surface area contributed by atoms with Crippen LogP contribution >= 0.6 is 12.2 Å². The first-order chi connectivity index (χ1) is 6.43. The Morgan fingerprint density at radius 3 is 2.14 bits per heavy atom. The molecule has 0 saturated heterocycles. The van der Waals surface area contributed by atoms with Crippen LogP contribution in [0, 0.1) is 10.6 Å². The lowest BCUT2D eigenvalue weighted by Gasteiger charge is -2.17. The minimum atomic E-state index is 0.440. The molecule has 1 N–H and O–H groups in total. The first-order valence-electron chi connectivity index (χ1n) is 5.25. The summed E-state index contributed by atoms with van der Waals surface area (Å²) in [5.41, 5.74) is 1.22. The third-order valence-corrected chi connectivity index (χ3v) is 3.07. The van der Waals surface area contributed by atoms with Gasteiger partial charge in [-0.15, -0.1) is 0 Å². The van der Waals surface area contributed by atoms with Crippen LogP contribution in [0.1, 0.15) is 52.3 Å². The first-order valence-corrected chi connectivity index (χ1v) is 5.65. The molecule has 0 radical (unpaired) electrons. The highest BCUT2D eigenvalue weighted by molar-refractivity contribution is 7.71. The fourth-order valence-electron chi connectivity index (χ4n) is 1.33. The zero-order valence-corrected chi connectivity index (χ0v) is 10.5. The summed E-state index contributed by atoms with van der Waals surface area (Å²) in [6.45, 7) is 11.0. The summed E-state index contributed by atoms with van der Waals surface area (Å²) in [6.07, 6.45) is 0. The number of hydrogen-bond donors (Lipinski definition) is 1. The molecule has 0 amide bonds. The van der Waals surface area contributed by atoms with Gasteiger partial charge in [0.15, 0.2) is 0 Å². The molecule has 0 bridgehead atoms. The van der Waals surface area contributed by atoms with Crippen LogP contribution in [0.4, 0.5) is 0 Å². The van der Waals surface area contributed by atoms with Crippen LogP contribution < -0.4 is 0 Å². The van der Waals surface area contributed by atoms with Crippen molar-refractivity contribution in [3.05, 3.63) is 16.4 Å². The number of aromatic nitrogens is 2. The van der Waals surface area contributed by atoms with Gasteiger partial charge in [-0.3, -0.25) is 4.68 Å². The lowest BCUT2D eigenvalue weighted by Crippen LogP contribution is -2.13. The second kappa shape index (κ2) is 4.30. The monoisotopic (exact) mass is 212 g/mol. The number of nitrogens with zero attached hydrogens (tertiary/aromatic N) is 1. The maximum Gasteiger partial charge on any atom is 0.122 e. The number of rotatable bonds is 3. The van der Waals surface area contributed by atoms with Crippen molar-refractivity contribution in [1.29, 1.82) is 0 Å². The fourth-order valence-corrected chi connectivity index (χ4v) is 1.66. The topological polar surface area (TPSA) is 20.7 Å². The Morgan fingerprint density at radius 2 is 1.79 bits per heavy atom. The molecule has 0 spiro atoms. The molecule has 1 atom stereocenters. The summed E-state index contributed by atoms with van der Waals surface area (Å²) in [6, 6.07) is 2.51. The molecule has 0 aliphatic carbocycles. The molecular weight excluding hydrogens is 192 g/mol. The van der Waals surface area contributed by atoms with E-state index in [1.165, 1.54) is 5.69 Å². The van der Waals surface area contributed by atoms with Gasteiger partial charge in [-0.1, -0.05) is 39.9 Å². The second-order valence-corrected chi connectivity index (χ2v) is 4.98. The van der Waals surface area contributed by atoms with Gasteiger partial charge >= 0.3 is 0 Å². The summed E-state index contributed by atoms with van der Waals surface area (Å²) < 4.78 is 3.00. The highest BCUT2D eigenvalue weighted by Gasteiger charge is 2.12. The van der Waals surface area contributed by atoms with E-state index in [9.17, 15) is 0 Å². The van der Waals surface area contributed by atoms with Crippen LogP contribution in [-0.2, 0) is 0 Å². The molecule has 80 valence electrons. The van der Waals surface area contributed by atoms with Crippen molar-refractivity contribution in [2.24, 2.45) is 5.92 Å². The standard InChI is InChI=1S/C11H20N2S/c1-7(2)9(5)13-11(14)6-10(12-13)8(3)4/h6-9,12H,1-5H3. The Labute approximate surface area is 91.3 Å². The van der Waals surface area contributed by atoms with Crippen molar-refractivity contribution in [1.82, 2.24) is 9.78 Å². The average molecular weight is 212 g/mol. The van der Waals surface area contributed by atoms with E-state index in [-0.39, 0.29) is 0 Å². The van der Waals surface area contributed by atoms with E-state index in [1.807, 2.05) is 0 Å². The molecule has 0 aromatic carbocycles. The summed E-state index contributed by atoms with van der Waals surface area (Å²) in [7, 11) is 0. The van der Waals surface area contributed by atoms with Crippen LogP contribution in [-0.4, -0.2) is 9.78 Å². The van der Waals surface area contributed by atoms with Crippen molar-refractivity contribution in [3.63, 3.8) is 0 Å². The van der Waals surface area contributed by atoms with Crippen LogP contribution in [0.5, 0.6) is 0 Å². The average Bonchev–Trinajstić information content (AvgIpc) is 2.46. The third kappa shape index (κ3) is 2.27. The predicted octanol–water partition coefficient (Wildman–Crippen LogP) is 3.89. The fraction of sp³-hybridized carbons (Fsp3) is 0.727. The van der Waals surface area contributed by atoms with Gasteiger partial charge < -0.3 is 5.10 Å². The SMILES string of the molecule is CC(C)c1cc(=S)n(C(C)C(C)C)[nH]1. The van der Waals surface area contributed by atoms with Gasteiger partial charge in [-0.05, 0) is 24.8 Å². The zero-order valence-electron chi connectivity index (χ0n) is 9.66. The lowest BCUT2D eigenvalue weighted by atomic mass is 10.1. The smallest absolute Gasteiger partial charge is 0.122 e. The Morgan fingerprint density at radius 1 is 1.21 bits per heavy atom. The Hall–Kier alpha value is -0.570. The normalized spacial score (nSPS) is 13.9. The van der Waals surface area contributed by atoms with Gasteiger partial charge in [0.2, 0.25) is 0 Å². The third-order valence-electron chi connectivity index (χ3n) is 2.76. The van der Waals surface area contributed by atoms with E-state index < -0.39 is 0 Å². The largest absolute Gasteiger partial charge is 0.301 e. The van der Waals surface area contributed by atoms with E-state index in [1.54, 1.807) is 0 Å². The lowest BCUT2D eigenvalue weighted by molar-refractivity contribution is 0.369. The van der Waals surface area contributed by atoms with E-state index in [2.05, 4.69) is 50.5 Å². The van der Waals surface area contributed by atoms with Crippen LogP contribution in [0.15, 0.2) is 6.07 Å². The summed E-state index contributed by atoms with van der Waals surface area (Å²) in [4.78, 5) is 0. The molecule has 0 aliphatic heterocycles. The molecular formula is C11H20N2S. The quantitative estimate of drug-likeness (QED) is 0.754. The van der Waals surface area contributed by atoms with Crippen molar-refractivity contribution in [2.75, 3.05) is 0 Å². The van der Waals surface area contributed by atoms with Gasteiger partial charge in [0, 0.05) is 5.69 Å². The molecule has 1 unspecified atom stereocenters. The summed E-state index contributed by atoms with van der Waals surface area (Å²) >= 11 is 5.32. The maximum atomic E-state index is 5.32. The van der Waals surface area contributed by atoms with Crippen molar-refractivity contribution in [2.45, 2.75) is 46.6 Å². The number of aromatic amines is 1. The highest BCUT2D eigenvalue weighted by Crippen LogP contribution is 2.19. The molecule has 1 aromatic rings. The van der Waals surface area contributed by atoms with Gasteiger partial charge in [0.1, 0.15) is 4.64 Å². The molecule has 3 heteroatoms. The van der Waals surface area contributed by atoms with Crippen molar-refractivity contribution < 1.29 is 0 Å². The van der Waals surface area contributed by atoms with Gasteiger partial charge in [-0.25, -0.2) is 0 Å². The number of nitrogens with one attached hydrogen (secondary N) is 1. The Bertz CT molecular complexity index is 346. The molecule has 0 aliphatic rings. The highest BCUT2D eigenvalue weighted by atomic mass is 32.1. The molecule has 1 rings (SSSR count). The van der Waals surface area contributed by atoms with E-state index in [0.29, 0.717) is 17.9 Å². The minimum absolute atomic E-state index is 0.440. The second-order valence-electron chi connectivity index (χ2n) is 4.56. The molecule has 0 fully saturated rings. The van der Waals surface area contributed by atoms with E-state index >= 15 is 0 Å². The van der Waals surface area contributed by atoms with Crippen molar-refractivity contribution in [3.8, 4) is 0 Å². The molecule has 1 aromatic heterocycles. The maximum absolute atomic E-state index is 5.32. The van der Waals surface area contributed by atoms with Gasteiger partial charge in [-0.2, -0.15) is 0 Å². The molecule has 2 nitrogen and oxygen atoms in total. The number of H-pyrrole nitrogens is 1. The Kier molecular flexibility index (Phi) is 3.53. The van der Waals surface area contributed by atoms with Gasteiger partial charge in [0.25, 0.3) is 0 Å². The summed E-state index contributed by atoms with van der Waals surface area (Å²) in [5.74, 6) is 1.11. The van der Waals surface area contributed by atoms with E-state index in [0.717, 1.165) is 4.64 Å². The number of hydrogen-bond acceptors (Lipinski definition) is 1. The van der Waals surface area contributed by atoms with E-state index in [4.69, 9.17) is 12.2 Å². The van der Waals surface area contributed by atoms with Crippen LogP contribution in [0.25, 0.3) is 0 Å². The van der Waals surface area contributed by atoms with Crippen molar-refractivity contribution >= 4 is 12.2 Å². The molecule has 14 heavy (non-hydrogen) atoms. The van der Waals surface area contributed by atoms with Gasteiger partial charge in [0.05, 0.1) is 6.04 Å². The minimum Gasteiger partial charge on any atom is -0.301 e. The molecule has 1 heterocycles. The zero-order chi connectivity index (χ0) is 10.9. The molecule has 0 saturated carbocycles. The first kappa shape index (κ1) is 11.5. The summed E-state index contributed by atoms with van der Waals surface area (Å²) in [5, 5.41) is 3.37. The van der Waals surface area contributed by atoms with Crippen LogP contribution in [0.3, 0.4) is 0 Å². The van der Waals surface area contributed by atoms with Crippen LogP contribution in [0.2, 0.25) is 0 Å². The Balaban J connectivity index is 3.05. The predicted molar refractivity (Wildman–Crippen MR) is 63.3 cm³/mol.